The van der Waals surface area contributed by atoms with E-state index in [1.807, 2.05) is 30.3 Å². The number of halogens is 1. The number of aliphatic hydroxyl groups excluding tert-OH is 1. The molecule has 1 aromatic carbocycles. The summed E-state index contributed by atoms with van der Waals surface area (Å²) in [5, 5.41) is 11.0. The molecule has 1 N–H and O–H groups in total. The van der Waals surface area contributed by atoms with Gasteiger partial charge in [0, 0.05) is 13.5 Å². The molecular formula is C19H26FN3O2. The molecule has 2 unspecified atom stereocenters. The number of rotatable bonds is 2. The molecule has 1 saturated carbocycles. The number of alkyl halides is 1. The summed E-state index contributed by atoms with van der Waals surface area (Å²) in [6.45, 7) is 0. The van der Waals surface area contributed by atoms with Crippen molar-refractivity contribution in [3.05, 3.63) is 47.5 Å². The number of nitrogens with zero attached hydrogens (tertiary/aromatic N) is 3. The zero-order chi connectivity index (χ0) is 18.1. The van der Waals surface area contributed by atoms with E-state index in [-0.39, 0.29) is 17.7 Å². The minimum atomic E-state index is -1.15. The SMILES string of the molecule is C1CCCCC1.CO.O=Cc1nc2n(n1)C(c1ccccc1)CC2F. The highest BCUT2D eigenvalue weighted by atomic mass is 19.1. The Balaban J connectivity index is 0.000000237. The molecule has 2 aromatic rings. The van der Waals surface area contributed by atoms with Crippen LogP contribution in [0.1, 0.15) is 79.2 Å². The van der Waals surface area contributed by atoms with Crippen molar-refractivity contribution in [3.8, 4) is 0 Å². The van der Waals surface area contributed by atoms with Gasteiger partial charge in [-0.2, -0.15) is 0 Å². The quantitative estimate of drug-likeness (QED) is 0.833. The maximum absolute atomic E-state index is 13.8. The molecule has 1 fully saturated rings. The number of aromatic nitrogens is 3. The van der Waals surface area contributed by atoms with Crippen LogP contribution in [0.3, 0.4) is 0 Å². The first-order valence-electron chi connectivity index (χ1n) is 8.85. The Morgan fingerprint density at radius 2 is 1.64 bits per heavy atom. The van der Waals surface area contributed by atoms with Crippen molar-refractivity contribution in [1.29, 1.82) is 0 Å². The molecule has 0 radical (unpaired) electrons. The lowest BCUT2D eigenvalue weighted by molar-refractivity contribution is 0.111. The Morgan fingerprint density at radius 3 is 2.16 bits per heavy atom. The Hall–Kier alpha value is -2.08. The van der Waals surface area contributed by atoms with E-state index in [4.69, 9.17) is 5.11 Å². The lowest BCUT2D eigenvalue weighted by Crippen LogP contribution is -2.07. The fourth-order valence-electron chi connectivity index (χ4n) is 3.26. The van der Waals surface area contributed by atoms with E-state index in [0.717, 1.165) is 12.7 Å². The largest absolute Gasteiger partial charge is 0.400 e. The van der Waals surface area contributed by atoms with Crippen LogP contribution in [0.25, 0.3) is 0 Å². The Morgan fingerprint density at radius 1 is 1.08 bits per heavy atom. The Labute approximate surface area is 147 Å². The van der Waals surface area contributed by atoms with Crippen LogP contribution in [0.2, 0.25) is 0 Å². The molecule has 4 rings (SSSR count). The van der Waals surface area contributed by atoms with Gasteiger partial charge in [-0.25, -0.2) is 14.1 Å². The lowest BCUT2D eigenvalue weighted by atomic mass is 10.0. The first-order chi connectivity index (χ1) is 12.3. The highest BCUT2D eigenvalue weighted by molar-refractivity contribution is 5.68. The Bertz CT molecular complexity index is 630. The molecule has 2 aliphatic rings. The number of aliphatic hydroxyl groups is 1. The molecule has 5 nitrogen and oxygen atoms in total. The summed E-state index contributed by atoms with van der Waals surface area (Å²) >= 11 is 0. The molecule has 1 aliphatic heterocycles. The zero-order valence-corrected chi connectivity index (χ0v) is 14.6. The van der Waals surface area contributed by atoms with Gasteiger partial charge in [0.25, 0.3) is 0 Å². The summed E-state index contributed by atoms with van der Waals surface area (Å²) < 4.78 is 15.3. The Kier molecular flexibility index (Phi) is 7.73. The van der Waals surface area contributed by atoms with Gasteiger partial charge < -0.3 is 5.11 Å². The molecule has 6 heteroatoms. The van der Waals surface area contributed by atoms with E-state index in [1.165, 1.54) is 43.2 Å². The number of benzene rings is 1. The van der Waals surface area contributed by atoms with Crippen LogP contribution < -0.4 is 0 Å². The van der Waals surface area contributed by atoms with Crippen LogP contribution in [0.4, 0.5) is 4.39 Å². The number of carbonyl (C=O) groups excluding carboxylic acids is 1. The number of hydrogen-bond acceptors (Lipinski definition) is 4. The van der Waals surface area contributed by atoms with Gasteiger partial charge in [0.1, 0.15) is 0 Å². The van der Waals surface area contributed by atoms with Crippen molar-refractivity contribution in [2.45, 2.75) is 57.2 Å². The molecule has 1 aliphatic carbocycles. The van der Waals surface area contributed by atoms with Crippen molar-refractivity contribution in [2.24, 2.45) is 0 Å². The van der Waals surface area contributed by atoms with Crippen LogP contribution in [0.5, 0.6) is 0 Å². The zero-order valence-electron chi connectivity index (χ0n) is 14.6. The van der Waals surface area contributed by atoms with E-state index in [0.29, 0.717) is 12.7 Å². The molecule has 0 bridgehead atoms. The van der Waals surface area contributed by atoms with E-state index in [9.17, 15) is 9.18 Å². The number of aldehydes is 1. The minimum Gasteiger partial charge on any atom is -0.400 e. The van der Waals surface area contributed by atoms with E-state index in [1.54, 1.807) is 0 Å². The summed E-state index contributed by atoms with van der Waals surface area (Å²) in [6, 6.07) is 9.40. The summed E-state index contributed by atoms with van der Waals surface area (Å²) in [5.74, 6) is 0.296. The van der Waals surface area contributed by atoms with Crippen LogP contribution in [0.15, 0.2) is 30.3 Å². The smallest absolute Gasteiger partial charge is 0.214 e. The van der Waals surface area contributed by atoms with Gasteiger partial charge >= 0.3 is 0 Å². The fraction of sp³-hybridized carbons (Fsp3) is 0.526. The van der Waals surface area contributed by atoms with Gasteiger partial charge in [0.05, 0.1) is 6.04 Å². The molecule has 0 amide bonds. The standard InChI is InChI=1S/C12H10FN3O.C6H12.CH4O/c13-9-6-10(8-4-2-1-3-5-8)16-12(9)14-11(7-17)15-16;1-2-4-6-5-3-1;1-2/h1-5,7,9-10H,6H2;1-6H2;2H,1H3. The van der Waals surface area contributed by atoms with Gasteiger partial charge in [-0.3, -0.25) is 4.79 Å². The third-order valence-corrected chi connectivity index (χ3v) is 4.47. The third-order valence-electron chi connectivity index (χ3n) is 4.47. The minimum absolute atomic E-state index is 0.0447. The highest BCUT2D eigenvalue weighted by Gasteiger charge is 2.35. The van der Waals surface area contributed by atoms with E-state index in [2.05, 4.69) is 10.1 Å². The summed E-state index contributed by atoms with van der Waals surface area (Å²) in [6.07, 6.45) is 8.72. The van der Waals surface area contributed by atoms with Gasteiger partial charge in [0.15, 0.2) is 18.3 Å². The molecule has 136 valence electrons. The fourth-order valence-corrected chi connectivity index (χ4v) is 3.26. The number of carbonyl (C=O) groups is 1. The van der Waals surface area contributed by atoms with Crippen molar-refractivity contribution >= 4 is 6.29 Å². The molecule has 2 atom stereocenters. The second kappa shape index (κ2) is 10.0. The molecule has 2 heterocycles. The first kappa shape index (κ1) is 19.2. The molecule has 1 aromatic heterocycles. The van der Waals surface area contributed by atoms with Crippen LogP contribution in [0, 0.1) is 0 Å². The van der Waals surface area contributed by atoms with Gasteiger partial charge in [-0.05, 0) is 5.56 Å². The van der Waals surface area contributed by atoms with Crippen molar-refractivity contribution in [1.82, 2.24) is 14.8 Å². The second-order valence-electron chi connectivity index (χ2n) is 6.14. The topological polar surface area (TPSA) is 68.0 Å². The van der Waals surface area contributed by atoms with Crippen LogP contribution in [-0.2, 0) is 0 Å². The van der Waals surface area contributed by atoms with Gasteiger partial charge in [0.2, 0.25) is 5.82 Å². The summed E-state index contributed by atoms with van der Waals surface area (Å²) in [5.41, 5.74) is 0.983. The van der Waals surface area contributed by atoms with E-state index < -0.39 is 6.17 Å². The normalized spacial score (nSPS) is 21.2. The monoisotopic (exact) mass is 347 g/mol. The van der Waals surface area contributed by atoms with E-state index >= 15 is 0 Å². The van der Waals surface area contributed by atoms with Crippen molar-refractivity contribution in [2.75, 3.05) is 7.11 Å². The van der Waals surface area contributed by atoms with Crippen LogP contribution >= 0.6 is 0 Å². The molecule has 0 saturated heterocycles. The average Bonchev–Trinajstić information content (AvgIpc) is 3.26. The molecule has 25 heavy (non-hydrogen) atoms. The maximum atomic E-state index is 13.8. The van der Waals surface area contributed by atoms with Crippen LogP contribution in [-0.4, -0.2) is 33.3 Å². The number of hydrogen-bond donors (Lipinski definition) is 1. The third kappa shape index (κ3) is 4.95. The number of fused-ring (bicyclic) bond motifs is 1. The van der Waals surface area contributed by atoms with Crippen molar-refractivity contribution in [3.63, 3.8) is 0 Å². The molecule has 0 spiro atoms. The van der Waals surface area contributed by atoms with Crippen molar-refractivity contribution < 1.29 is 14.3 Å². The lowest BCUT2D eigenvalue weighted by Gasteiger charge is -2.10. The predicted molar refractivity (Wildman–Crippen MR) is 94.3 cm³/mol. The van der Waals surface area contributed by atoms with Gasteiger partial charge in [-0.15, -0.1) is 5.10 Å². The first-order valence-corrected chi connectivity index (χ1v) is 8.85. The predicted octanol–water partition coefficient (Wildman–Crippen LogP) is 4.04. The summed E-state index contributed by atoms with van der Waals surface area (Å²) in [4.78, 5) is 14.5. The van der Waals surface area contributed by atoms with Gasteiger partial charge in [-0.1, -0.05) is 68.9 Å². The molecular weight excluding hydrogens is 321 g/mol. The second-order valence-corrected chi connectivity index (χ2v) is 6.14. The highest BCUT2D eigenvalue weighted by Crippen LogP contribution is 2.38. The summed E-state index contributed by atoms with van der Waals surface area (Å²) in [7, 11) is 1.00. The maximum Gasteiger partial charge on any atom is 0.214 e. The average molecular weight is 347 g/mol.